The van der Waals surface area contributed by atoms with Crippen LogP contribution in [0, 0.1) is 13.8 Å². The molecule has 3 rings (SSSR count). The molecule has 0 radical (unpaired) electrons. The van der Waals surface area contributed by atoms with Crippen LogP contribution in [0.1, 0.15) is 34.6 Å². The summed E-state index contributed by atoms with van der Waals surface area (Å²) in [6.07, 6.45) is 1.80. The highest BCUT2D eigenvalue weighted by Crippen LogP contribution is 2.22. The molecule has 0 saturated carbocycles. The van der Waals surface area contributed by atoms with Crippen LogP contribution >= 0.6 is 11.6 Å². The fraction of sp³-hybridized carbons (Fsp3) is 0.368. The van der Waals surface area contributed by atoms with Crippen LogP contribution in [-0.2, 0) is 0 Å². The van der Waals surface area contributed by atoms with Crippen LogP contribution in [0.4, 0.5) is 0 Å². The highest BCUT2D eigenvalue weighted by Gasteiger charge is 2.25. The van der Waals surface area contributed by atoms with E-state index in [9.17, 15) is 4.79 Å². The van der Waals surface area contributed by atoms with Gasteiger partial charge < -0.3 is 9.64 Å². The number of piperidine rings is 1. The topological polar surface area (TPSA) is 42.4 Å². The summed E-state index contributed by atoms with van der Waals surface area (Å²) >= 11 is 5.88. The van der Waals surface area contributed by atoms with E-state index in [-0.39, 0.29) is 12.0 Å². The zero-order valence-corrected chi connectivity index (χ0v) is 14.7. The van der Waals surface area contributed by atoms with Gasteiger partial charge in [0.25, 0.3) is 5.91 Å². The maximum absolute atomic E-state index is 12.6. The molecule has 1 aromatic carbocycles. The second-order valence-corrected chi connectivity index (χ2v) is 6.64. The number of carbonyl (C=O) groups excluding carboxylic acids is 1. The predicted octanol–water partition coefficient (Wildman–Crippen LogP) is 4.04. The molecule has 24 heavy (non-hydrogen) atoms. The van der Waals surface area contributed by atoms with Gasteiger partial charge in [-0.15, -0.1) is 0 Å². The fourth-order valence-corrected chi connectivity index (χ4v) is 3.15. The van der Waals surface area contributed by atoms with Crippen molar-refractivity contribution in [2.45, 2.75) is 32.8 Å². The Balaban J connectivity index is 1.58. The summed E-state index contributed by atoms with van der Waals surface area (Å²) in [4.78, 5) is 18.9. The molecule has 2 heterocycles. The molecule has 0 unspecified atom stereocenters. The number of rotatable bonds is 3. The molecule has 0 N–H and O–H groups in total. The molecular formula is C19H21ClN2O2. The Labute approximate surface area is 147 Å². The molecule has 5 heteroatoms. The van der Waals surface area contributed by atoms with Crippen molar-refractivity contribution in [2.24, 2.45) is 0 Å². The van der Waals surface area contributed by atoms with E-state index in [4.69, 9.17) is 16.3 Å². The van der Waals surface area contributed by atoms with Crippen molar-refractivity contribution in [1.29, 1.82) is 0 Å². The molecule has 0 atom stereocenters. The summed E-state index contributed by atoms with van der Waals surface area (Å²) < 4.78 is 5.98. The van der Waals surface area contributed by atoms with Gasteiger partial charge >= 0.3 is 0 Å². The third-order valence-electron chi connectivity index (χ3n) is 4.17. The number of likely N-dealkylation sites (tertiary alicyclic amines) is 1. The lowest BCUT2D eigenvalue weighted by Crippen LogP contribution is -2.41. The average molecular weight is 345 g/mol. The molecule has 0 bridgehead atoms. The van der Waals surface area contributed by atoms with Crippen LogP contribution in [0.25, 0.3) is 0 Å². The van der Waals surface area contributed by atoms with Gasteiger partial charge in [-0.2, -0.15) is 0 Å². The Kier molecular flexibility index (Phi) is 5.05. The van der Waals surface area contributed by atoms with Crippen molar-refractivity contribution in [2.75, 3.05) is 13.1 Å². The van der Waals surface area contributed by atoms with Gasteiger partial charge in [0.2, 0.25) is 0 Å². The zero-order valence-electron chi connectivity index (χ0n) is 14.0. The van der Waals surface area contributed by atoms with Crippen LogP contribution in [0.15, 0.2) is 36.4 Å². The highest BCUT2D eigenvalue weighted by atomic mass is 35.5. The van der Waals surface area contributed by atoms with E-state index in [1.807, 2.05) is 55.1 Å². The Hall–Kier alpha value is -2.07. The van der Waals surface area contributed by atoms with E-state index in [1.54, 1.807) is 0 Å². The number of halogens is 1. The van der Waals surface area contributed by atoms with Crippen LogP contribution in [0.3, 0.4) is 0 Å². The first-order valence-electron chi connectivity index (χ1n) is 8.18. The number of benzene rings is 1. The molecule has 2 aromatic rings. The van der Waals surface area contributed by atoms with Gasteiger partial charge in [-0.25, -0.2) is 0 Å². The Morgan fingerprint density at radius 1 is 1.12 bits per heavy atom. The molecule has 1 aromatic heterocycles. The van der Waals surface area contributed by atoms with Gasteiger partial charge in [0.05, 0.1) is 0 Å². The normalized spacial score (nSPS) is 15.4. The summed E-state index contributed by atoms with van der Waals surface area (Å²) in [5.74, 6) is 0.901. The van der Waals surface area contributed by atoms with Gasteiger partial charge in [-0.05, 0) is 50.2 Å². The monoisotopic (exact) mass is 344 g/mol. The molecule has 0 spiro atoms. The number of pyridine rings is 1. The van der Waals surface area contributed by atoms with Crippen molar-refractivity contribution < 1.29 is 9.53 Å². The summed E-state index contributed by atoms with van der Waals surface area (Å²) in [6.45, 7) is 5.24. The van der Waals surface area contributed by atoms with E-state index >= 15 is 0 Å². The summed E-state index contributed by atoms with van der Waals surface area (Å²) in [6, 6.07) is 11.1. The summed E-state index contributed by atoms with van der Waals surface area (Å²) in [5.41, 5.74) is 2.47. The average Bonchev–Trinajstić information content (AvgIpc) is 2.56. The van der Waals surface area contributed by atoms with E-state index in [2.05, 4.69) is 4.98 Å². The first-order chi connectivity index (χ1) is 11.5. The van der Waals surface area contributed by atoms with Crippen molar-refractivity contribution in [3.05, 3.63) is 58.4 Å². The number of hydrogen-bond acceptors (Lipinski definition) is 3. The SMILES string of the molecule is Cc1cc(C(=O)N2CCC(Oc3ccc(Cl)cc3)CC2)cc(C)n1. The lowest BCUT2D eigenvalue weighted by Gasteiger charge is -2.32. The van der Waals surface area contributed by atoms with Gasteiger partial charge in [-0.3, -0.25) is 9.78 Å². The smallest absolute Gasteiger partial charge is 0.253 e. The second kappa shape index (κ2) is 7.22. The number of ether oxygens (including phenoxy) is 1. The number of amides is 1. The van der Waals surface area contributed by atoms with Crippen LogP contribution in [0.5, 0.6) is 5.75 Å². The maximum atomic E-state index is 12.6. The highest BCUT2D eigenvalue weighted by molar-refractivity contribution is 6.30. The van der Waals surface area contributed by atoms with Gasteiger partial charge in [-0.1, -0.05) is 11.6 Å². The summed E-state index contributed by atoms with van der Waals surface area (Å²) in [5, 5.41) is 0.700. The van der Waals surface area contributed by atoms with Crippen molar-refractivity contribution in [3.63, 3.8) is 0 Å². The first-order valence-corrected chi connectivity index (χ1v) is 8.56. The lowest BCUT2D eigenvalue weighted by molar-refractivity contribution is 0.0595. The third kappa shape index (κ3) is 4.06. The van der Waals surface area contributed by atoms with Crippen molar-refractivity contribution >= 4 is 17.5 Å². The van der Waals surface area contributed by atoms with E-state index in [0.29, 0.717) is 18.1 Å². The number of aryl methyl sites for hydroxylation is 2. The quantitative estimate of drug-likeness (QED) is 0.844. The van der Waals surface area contributed by atoms with Crippen molar-refractivity contribution in [1.82, 2.24) is 9.88 Å². The lowest BCUT2D eigenvalue weighted by atomic mass is 10.1. The van der Waals surface area contributed by atoms with Crippen molar-refractivity contribution in [3.8, 4) is 5.75 Å². The molecule has 1 aliphatic rings. The number of hydrogen-bond donors (Lipinski definition) is 0. The standard InChI is InChI=1S/C19H21ClN2O2/c1-13-11-15(12-14(2)21-13)19(23)22-9-7-18(8-10-22)24-17-5-3-16(20)4-6-17/h3-6,11-12,18H,7-10H2,1-2H3. The minimum Gasteiger partial charge on any atom is -0.490 e. The molecule has 1 saturated heterocycles. The molecule has 1 fully saturated rings. The molecule has 1 aliphatic heterocycles. The van der Waals surface area contributed by atoms with E-state index in [0.717, 1.165) is 35.5 Å². The number of aromatic nitrogens is 1. The Morgan fingerprint density at radius 2 is 1.71 bits per heavy atom. The van der Waals surface area contributed by atoms with Crippen LogP contribution in [0.2, 0.25) is 5.02 Å². The minimum absolute atomic E-state index is 0.0774. The number of nitrogens with zero attached hydrogens (tertiary/aromatic N) is 2. The van der Waals surface area contributed by atoms with Crippen LogP contribution < -0.4 is 4.74 Å². The molecular weight excluding hydrogens is 324 g/mol. The maximum Gasteiger partial charge on any atom is 0.253 e. The molecule has 0 aliphatic carbocycles. The van der Waals surface area contributed by atoms with Gasteiger partial charge in [0.1, 0.15) is 11.9 Å². The molecule has 1 amide bonds. The Bertz CT molecular complexity index is 702. The third-order valence-corrected chi connectivity index (χ3v) is 4.43. The zero-order chi connectivity index (χ0) is 17.1. The van der Waals surface area contributed by atoms with Crippen LogP contribution in [-0.4, -0.2) is 35.0 Å². The largest absolute Gasteiger partial charge is 0.490 e. The number of carbonyl (C=O) groups is 1. The molecule has 126 valence electrons. The predicted molar refractivity (Wildman–Crippen MR) is 94.7 cm³/mol. The fourth-order valence-electron chi connectivity index (χ4n) is 3.02. The molecule has 4 nitrogen and oxygen atoms in total. The summed E-state index contributed by atoms with van der Waals surface area (Å²) in [7, 11) is 0. The van der Waals surface area contributed by atoms with E-state index < -0.39 is 0 Å². The van der Waals surface area contributed by atoms with E-state index in [1.165, 1.54) is 0 Å². The minimum atomic E-state index is 0.0774. The Morgan fingerprint density at radius 3 is 2.29 bits per heavy atom. The van der Waals surface area contributed by atoms with Gasteiger partial charge in [0.15, 0.2) is 0 Å². The second-order valence-electron chi connectivity index (χ2n) is 6.20. The first kappa shape index (κ1) is 16.8. The van der Waals surface area contributed by atoms with Gasteiger partial charge in [0, 0.05) is 47.9 Å².